The molecule has 0 bridgehead atoms. The van der Waals surface area contributed by atoms with Crippen molar-refractivity contribution in [1.29, 1.82) is 5.41 Å². The van der Waals surface area contributed by atoms with E-state index < -0.39 is 0 Å². The van der Waals surface area contributed by atoms with E-state index in [9.17, 15) is 0 Å². The third kappa shape index (κ3) is 1.46. The van der Waals surface area contributed by atoms with Gasteiger partial charge in [0.05, 0.1) is 17.5 Å². The number of nitrogens with zero attached hydrogens (tertiary/aromatic N) is 2. The van der Waals surface area contributed by atoms with Crippen LogP contribution in [-0.2, 0) is 6.42 Å². The number of nitrogens with one attached hydrogen (secondary N) is 1. The molecule has 0 aliphatic rings. The van der Waals surface area contributed by atoms with E-state index in [-0.39, 0.29) is 5.84 Å². The number of hydrogen-bond donors (Lipinski definition) is 2. The van der Waals surface area contributed by atoms with E-state index in [1.807, 2.05) is 35.9 Å². The molecular weight excluding hydrogens is 176 g/mol. The van der Waals surface area contributed by atoms with E-state index in [4.69, 9.17) is 11.1 Å². The van der Waals surface area contributed by atoms with Gasteiger partial charge < -0.3 is 10.1 Å². The molecule has 2 aromatic heterocycles. The third-order valence-corrected chi connectivity index (χ3v) is 2.18. The van der Waals surface area contributed by atoms with Gasteiger partial charge in [-0.2, -0.15) is 0 Å². The Balaban J connectivity index is 2.46. The Labute approximate surface area is 81.9 Å². The van der Waals surface area contributed by atoms with Crippen LogP contribution >= 0.6 is 0 Å². The Kier molecular flexibility index (Phi) is 1.96. The van der Waals surface area contributed by atoms with E-state index in [1.165, 1.54) is 0 Å². The molecular formula is C10H12N4. The van der Waals surface area contributed by atoms with Gasteiger partial charge in [0, 0.05) is 12.6 Å². The lowest BCUT2D eigenvalue weighted by molar-refractivity contribution is 1.04. The normalized spacial score (nSPS) is 10.6. The van der Waals surface area contributed by atoms with Crippen molar-refractivity contribution in [2.45, 2.75) is 13.3 Å². The van der Waals surface area contributed by atoms with Gasteiger partial charge in [-0.15, -0.1) is 0 Å². The number of hydrogen-bond acceptors (Lipinski definition) is 2. The number of aromatic nitrogens is 2. The predicted molar refractivity (Wildman–Crippen MR) is 55.5 cm³/mol. The Bertz CT molecular complexity index is 484. The van der Waals surface area contributed by atoms with Gasteiger partial charge in [0.25, 0.3) is 0 Å². The number of rotatable bonds is 2. The van der Waals surface area contributed by atoms with Crippen molar-refractivity contribution >= 4 is 11.4 Å². The highest BCUT2D eigenvalue weighted by Crippen LogP contribution is 2.09. The number of fused-ring (bicyclic) bond motifs is 1. The molecule has 0 saturated heterocycles. The molecule has 4 nitrogen and oxygen atoms in total. The lowest BCUT2D eigenvalue weighted by Crippen LogP contribution is -2.12. The lowest BCUT2D eigenvalue weighted by Gasteiger charge is -2.01. The summed E-state index contributed by atoms with van der Waals surface area (Å²) in [5.74, 6) is 1.15. The third-order valence-electron chi connectivity index (χ3n) is 2.18. The van der Waals surface area contributed by atoms with Crippen molar-refractivity contribution in [3.63, 3.8) is 0 Å². The van der Waals surface area contributed by atoms with Crippen molar-refractivity contribution in [3.8, 4) is 0 Å². The maximum absolute atomic E-state index is 7.20. The summed E-state index contributed by atoms with van der Waals surface area (Å²) in [7, 11) is 0. The maximum atomic E-state index is 7.20. The average molecular weight is 188 g/mol. The highest BCUT2D eigenvalue weighted by molar-refractivity contribution is 5.79. The van der Waals surface area contributed by atoms with Crippen LogP contribution in [0.1, 0.15) is 11.4 Å². The zero-order valence-corrected chi connectivity index (χ0v) is 7.99. The summed E-state index contributed by atoms with van der Waals surface area (Å²) in [6, 6.07) is 3.96. The van der Waals surface area contributed by atoms with Gasteiger partial charge in [-0.05, 0) is 24.6 Å². The van der Waals surface area contributed by atoms with Crippen LogP contribution in [0.5, 0.6) is 0 Å². The van der Waals surface area contributed by atoms with Gasteiger partial charge in [0.2, 0.25) is 0 Å². The van der Waals surface area contributed by atoms with Crippen molar-refractivity contribution in [2.24, 2.45) is 5.73 Å². The molecule has 2 rings (SSSR count). The van der Waals surface area contributed by atoms with E-state index in [0.717, 1.165) is 16.9 Å². The van der Waals surface area contributed by atoms with Crippen LogP contribution in [0.4, 0.5) is 0 Å². The Morgan fingerprint density at radius 1 is 1.64 bits per heavy atom. The van der Waals surface area contributed by atoms with Crippen LogP contribution in [-0.4, -0.2) is 15.2 Å². The van der Waals surface area contributed by atoms with E-state index in [0.29, 0.717) is 6.42 Å². The summed E-state index contributed by atoms with van der Waals surface area (Å²) in [5, 5.41) is 7.20. The number of imidazole rings is 1. The minimum Gasteiger partial charge on any atom is -0.387 e. The van der Waals surface area contributed by atoms with Crippen LogP contribution in [0, 0.1) is 12.3 Å². The summed E-state index contributed by atoms with van der Waals surface area (Å²) in [5.41, 5.74) is 7.42. The van der Waals surface area contributed by atoms with Crippen LogP contribution in [0.3, 0.4) is 0 Å². The molecule has 0 atom stereocenters. The molecule has 2 aromatic rings. The topological polar surface area (TPSA) is 67.2 Å². The van der Waals surface area contributed by atoms with Gasteiger partial charge in [0.15, 0.2) is 0 Å². The molecule has 0 fully saturated rings. The zero-order chi connectivity index (χ0) is 10.1. The van der Waals surface area contributed by atoms with E-state index in [2.05, 4.69) is 4.98 Å². The quantitative estimate of drug-likeness (QED) is 0.547. The van der Waals surface area contributed by atoms with Gasteiger partial charge in [-0.25, -0.2) is 4.98 Å². The van der Waals surface area contributed by atoms with Gasteiger partial charge >= 0.3 is 0 Å². The van der Waals surface area contributed by atoms with Crippen LogP contribution < -0.4 is 5.73 Å². The molecule has 0 spiro atoms. The monoisotopic (exact) mass is 188 g/mol. The molecule has 3 N–H and O–H groups in total. The smallest absolute Gasteiger partial charge is 0.110 e. The fourth-order valence-electron chi connectivity index (χ4n) is 1.51. The van der Waals surface area contributed by atoms with Crippen molar-refractivity contribution in [2.75, 3.05) is 0 Å². The van der Waals surface area contributed by atoms with Crippen LogP contribution in [0.15, 0.2) is 24.5 Å². The number of amidine groups is 1. The highest BCUT2D eigenvalue weighted by atomic mass is 15.0. The lowest BCUT2D eigenvalue weighted by atomic mass is 10.2. The predicted octanol–water partition coefficient (Wildman–Crippen LogP) is 1.12. The maximum Gasteiger partial charge on any atom is 0.110 e. The fourth-order valence-corrected chi connectivity index (χ4v) is 1.51. The van der Waals surface area contributed by atoms with Crippen molar-refractivity contribution < 1.29 is 0 Å². The standard InChI is InChI=1S/C10H12N4/c1-7-13-6-9-4-8(5-10(11)12)2-3-14(7)9/h2-4,6H,5H2,1H3,(H3,11,12). The molecule has 0 unspecified atom stereocenters. The summed E-state index contributed by atoms with van der Waals surface area (Å²) in [6.07, 6.45) is 4.27. The SMILES string of the molecule is Cc1ncc2cc(CC(=N)N)ccn12. The van der Waals surface area contributed by atoms with Crippen LogP contribution in [0.2, 0.25) is 0 Å². The van der Waals surface area contributed by atoms with Gasteiger partial charge in [-0.3, -0.25) is 5.41 Å². The number of nitrogens with two attached hydrogens (primary N) is 1. The summed E-state index contributed by atoms with van der Waals surface area (Å²) in [6.45, 7) is 1.96. The van der Waals surface area contributed by atoms with Gasteiger partial charge in [-0.1, -0.05) is 0 Å². The highest BCUT2D eigenvalue weighted by Gasteiger charge is 2.00. The largest absolute Gasteiger partial charge is 0.387 e. The molecule has 0 amide bonds. The minimum atomic E-state index is 0.186. The second kappa shape index (κ2) is 3.14. The van der Waals surface area contributed by atoms with E-state index >= 15 is 0 Å². The summed E-state index contributed by atoms with van der Waals surface area (Å²) >= 11 is 0. The van der Waals surface area contributed by atoms with Gasteiger partial charge in [0.1, 0.15) is 5.82 Å². The molecule has 0 saturated carbocycles. The first-order chi connectivity index (χ1) is 6.66. The summed E-state index contributed by atoms with van der Waals surface area (Å²) in [4.78, 5) is 4.19. The first-order valence-electron chi connectivity index (χ1n) is 4.42. The first-order valence-corrected chi connectivity index (χ1v) is 4.42. The Morgan fingerprint density at radius 2 is 2.43 bits per heavy atom. The number of pyridine rings is 1. The fraction of sp³-hybridized carbons (Fsp3) is 0.200. The molecule has 0 aliphatic carbocycles. The molecule has 72 valence electrons. The molecule has 14 heavy (non-hydrogen) atoms. The summed E-state index contributed by atoms with van der Waals surface area (Å²) < 4.78 is 2.00. The second-order valence-electron chi connectivity index (χ2n) is 3.34. The molecule has 0 aromatic carbocycles. The molecule has 2 heterocycles. The Morgan fingerprint density at radius 3 is 3.14 bits per heavy atom. The molecule has 0 radical (unpaired) electrons. The molecule has 0 aliphatic heterocycles. The van der Waals surface area contributed by atoms with Crippen LogP contribution in [0.25, 0.3) is 5.52 Å². The van der Waals surface area contributed by atoms with Crippen molar-refractivity contribution in [3.05, 3.63) is 35.9 Å². The Hall–Kier alpha value is -1.84. The van der Waals surface area contributed by atoms with Crippen molar-refractivity contribution in [1.82, 2.24) is 9.38 Å². The second-order valence-corrected chi connectivity index (χ2v) is 3.34. The minimum absolute atomic E-state index is 0.186. The average Bonchev–Trinajstić information content (AvgIpc) is 2.46. The first kappa shape index (κ1) is 8.74. The zero-order valence-electron chi connectivity index (χ0n) is 7.99. The molecule has 4 heteroatoms. The number of aryl methyl sites for hydroxylation is 1. The van der Waals surface area contributed by atoms with E-state index in [1.54, 1.807) is 0 Å².